The van der Waals surface area contributed by atoms with Crippen LogP contribution >= 0.6 is 15.9 Å². The zero-order valence-corrected chi connectivity index (χ0v) is 19.1. The average molecular weight is 473 g/mol. The molecule has 6 nitrogen and oxygen atoms in total. The molecule has 1 fully saturated rings. The summed E-state index contributed by atoms with van der Waals surface area (Å²) in [4.78, 5) is 29.3. The SMILES string of the molecule is COc1ccc(C(O)=C2C(=O)C(=O)N(CCN(C)C)[C@@H]2c2ccc(Br)cc2)cc1C. The lowest BCUT2D eigenvalue weighted by Gasteiger charge is -2.26. The first-order valence-corrected chi connectivity index (χ1v) is 10.4. The normalized spacial score (nSPS) is 18.3. The van der Waals surface area contributed by atoms with E-state index in [1.165, 1.54) is 4.90 Å². The Hall–Kier alpha value is -2.64. The van der Waals surface area contributed by atoms with Crippen molar-refractivity contribution in [2.75, 3.05) is 34.3 Å². The van der Waals surface area contributed by atoms with E-state index < -0.39 is 17.7 Å². The zero-order valence-electron chi connectivity index (χ0n) is 17.5. The Bertz CT molecular complexity index is 999. The maximum Gasteiger partial charge on any atom is 0.295 e. The van der Waals surface area contributed by atoms with Crippen molar-refractivity contribution in [3.05, 3.63) is 69.2 Å². The lowest BCUT2D eigenvalue weighted by molar-refractivity contribution is -0.140. The van der Waals surface area contributed by atoms with Crippen molar-refractivity contribution in [2.45, 2.75) is 13.0 Å². The molecule has 1 aliphatic heterocycles. The molecule has 1 heterocycles. The van der Waals surface area contributed by atoms with E-state index in [9.17, 15) is 14.7 Å². The number of aliphatic hydroxyl groups is 1. The van der Waals surface area contributed by atoms with Crippen molar-refractivity contribution in [2.24, 2.45) is 0 Å². The third-order valence-electron chi connectivity index (χ3n) is 5.18. The number of carbonyl (C=O) groups is 2. The highest BCUT2D eigenvalue weighted by Crippen LogP contribution is 2.40. The minimum atomic E-state index is -0.673. The summed E-state index contributed by atoms with van der Waals surface area (Å²) in [6.45, 7) is 2.83. The van der Waals surface area contributed by atoms with Gasteiger partial charge in [0.1, 0.15) is 11.5 Å². The van der Waals surface area contributed by atoms with Crippen LogP contribution in [-0.2, 0) is 9.59 Å². The number of methoxy groups -OCH3 is 1. The number of carbonyl (C=O) groups excluding carboxylic acids is 2. The average Bonchev–Trinajstić information content (AvgIpc) is 2.96. The standard InChI is InChI=1S/C23H25BrN2O4/c1-14-13-16(7-10-18(14)30-4)21(27)19-20(15-5-8-17(24)9-6-15)26(12-11-25(2)3)23(29)22(19)28/h5-10,13,20,27H,11-12H2,1-4H3/t20-/m1/s1. The van der Waals surface area contributed by atoms with Crippen LogP contribution in [0.2, 0.25) is 0 Å². The first-order valence-electron chi connectivity index (χ1n) is 9.58. The minimum Gasteiger partial charge on any atom is -0.507 e. The molecule has 0 unspecified atom stereocenters. The molecule has 1 aliphatic rings. The van der Waals surface area contributed by atoms with Crippen LogP contribution in [0.25, 0.3) is 5.76 Å². The lowest BCUT2D eigenvalue weighted by atomic mass is 9.95. The number of halogens is 1. The molecule has 0 radical (unpaired) electrons. The number of amides is 1. The Balaban J connectivity index is 2.14. The number of aliphatic hydroxyl groups excluding tert-OH is 1. The summed E-state index contributed by atoms with van der Waals surface area (Å²) in [6.07, 6.45) is 0. The number of nitrogens with zero attached hydrogens (tertiary/aromatic N) is 2. The zero-order chi connectivity index (χ0) is 22.0. The van der Waals surface area contributed by atoms with E-state index in [0.29, 0.717) is 24.4 Å². The summed E-state index contributed by atoms with van der Waals surface area (Å²) in [6, 6.07) is 12.0. The summed E-state index contributed by atoms with van der Waals surface area (Å²) in [5.74, 6) is -0.772. The molecule has 30 heavy (non-hydrogen) atoms. The Morgan fingerprint density at radius 1 is 1.17 bits per heavy atom. The predicted octanol–water partition coefficient (Wildman–Crippen LogP) is 3.75. The smallest absolute Gasteiger partial charge is 0.295 e. The number of ether oxygens (including phenoxy) is 1. The van der Waals surface area contributed by atoms with Crippen LogP contribution in [0, 0.1) is 6.92 Å². The van der Waals surface area contributed by atoms with Gasteiger partial charge in [-0.3, -0.25) is 9.59 Å². The molecule has 1 saturated heterocycles. The number of hydrogen-bond acceptors (Lipinski definition) is 5. The highest BCUT2D eigenvalue weighted by atomic mass is 79.9. The first-order chi connectivity index (χ1) is 14.2. The van der Waals surface area contributed by atoms with E-state index in [2.05, 4.69) is 15.9 Å². The number of benzene rings is 2. The second kappa shape index (κ2) is 9.02. The van der Waals surface area contributed by atoms with Gasteiger partial charge < -0.3 is 19.6 Å². The third kappa shape index (κ3) is 4.27. The topological polar surface area (TPSA) is 70.1 Å². The molecular formula is C23H25BrN2O4. The summed E-state index contributed by atoms with van der Waals surface area (Å²) in [7, 11) is 5.39. The van der Waals surface area contributed by atoms with Crippen molar-refractivity contribution in [1.29, 1.82) is 0 Å². The van der Waals surface area contributed by atoms with Gasteiger partial charge in [0.05, 0.1) is 18.7 Å². The van der Waals surface area contributed by atoms with Gasteiger partial charge in [0.15, 0.2) is 0 Å². The second-order valence-electron chi connectivity index (χ2n) is 7.53. The molecule has 1 amide bonds. The molecule has 1 atom stereocenters. The van der Waals surface area contributed by atoms with Gasteiger partial charge in [-0.25, -0.2) is 0 Å². The maximum absolute atomic E-state index is 13.0. The molecule has 2 aromatic rings. The predicted molar refractivity (Wildman–Crippen MR) is 119 cm³/mol. The highest BCUT2D eigenvalue weighted by Gasteiger charge is 2.45. The van der Waals surface area contributed by atoms with Crippen LogP contribution in [0.5, 0.6) is 5.75 Å². The fourth-order valence-electron chi connectivity index (χ4n) is 3.59. The van der Waals surface area contributed by atoms with Crippen molar-refractivity contribution in [3.63, 3.8) is 0 Å². The molecule has 3 rings (SSSR count). The molecule has 0 bridgehead atoms. The third-order valence-corrected chi connectivity index (χ3v) is 5.71. The fraction of sp³-hybridized carbons (Fsp3) is 0.304. The van der Waals surface area contributed by atoms with E-state index in [0.717, 1.165) is 15.6 Å². The van der Waals surface area contributed by atoms with Crippen molar-refractivity contribution < 1.29 is 19.4 Å². The number of likely N-dealkylation sites (tertiary alicyclic amines) is 1. The van der Waals surface area contributed by atoms with Crippen LogP contribution in [0.3, 0.4) is 0 Å². The number of Topliss-reactive ketones (excluding diaryl/α,β-unsaturated/α-hetero) is 1. The van der Waals surface area contributed by atoms with Crippen LogP contribution in [0.15, 0.2) is 52.5 Å². The van der Waals surface area contributed by atoms with Gasteiger partial charge in [-0.1, -0.05) is 28.1 Å². The molecular weight excluding hydrogens is 448 g/mol. The Morgan fingerprint density at radius 3 is 2.40 bits per heavy atom. The molecule has 2 aromatic carbocycles. The monoisotopic (exact) mass is 472 g/mol. The largest absolute Gasteiger partial charge is 0.507 e. The Labute approximate surface area is 184 Å². The number of rotatable bonds is 6. The molecule has 0 saturated carbocycles. The number of likely N-dealkylation sites (N-methyl/N-ethyl adjacent to an activating group) is 1. The van der Waals surface area contributed by atoms with Gasteiger partial charge in [0.2, 0.25) is 0 Å². The van der Waals surface area contributed by atoms with Gasteiger partial charge in [0, 0.05) is 23.1 Å². The lowest BCUT2D eigenvalue weighted by Crippen LogP contribution is -2.35. The maximum atomic E-state index is 13.0. The molecule has 0 spiro atoms. The fourth-order valence-corrected chi connectivity index (χ4v) is 3.86. The van der Waals surface area contributed by atoms with E-state index in [4.69, 9.17) is 4.74 Å². The second-order valence-corrected chi connectivity index (χ2v) is 8.45. The van der Waals surface area contributed by atoms with E-state index in [-0.39, 0.29) is 11.3 Å². The Kier molecular flexibility index (Phi) is 6.63. The van der Waals surface area contributed by atoms with Gasteiger partial charge >= 0.3 is 0 Å². The quantitative estimate of drug-likeness (QED) is 0.393. The summed E-state index contributed by atoms with van der Waals surface area (Å²) in [5.41, 5.74) is 2.16. The number of aryl methyl sites for hydroxylation is 1. The van der Waals surface area contributed by atoms with Crippen molar-refractivity contribution in [1.82, 2.24) is 9.80 Å². The molecule has 158 valence electrons. The van der Waals surface area contributed by atoms with E-state index >= 15 is 0 Å². The van der Waals surface area contributed by atoms with Gasteiger partial charge in [-0.2, -0.15) is 0 Å². The van der Waals surface area contributed by atoms with Crippen molar-refractivity contribution >= 4 is 33.4 Å². The number of ketones is 1. The van der Waals surface area contributed by atoms with Gasteiger partial charge in [0.25, 0.3) is 11.7 Å². The molecule has 0 aromatic heterocycles. The van der Waals surface area contributed by atoms with E-state index in [1.807, 2.05) is 50.2 Å². The van der Waals surface area contributed by atoms with Gasteiger partial charge in [-0.05, 0) is 62.5 Å². The van der Waals surface area contributed by atoms with Crippen molar-refractivity contribution in [3.8, 4) is 5.75 Å². The molecule has 1 N–H and O–H groups in total. The molecule has 0 aliphatic carbocycles. The summed E-state index contributed by atoms with van der Waals surface area (Å²) >= 11 is 3.42. The van der Waals surface area contributed by atoms with Crippen LogP contribution in [0.1, 0.15) is 22.7 Å². The van der Waals surface area contributed by atoms with Crippen LogP contribution in [0.4, 0.5) is 0 Å². The van der Waals surface area contributed by atoms with Crippen LogP contribution in [-0.4, -0.2) is 60.9 Å². The summed E-state index contributed by atoms with van der Waals surface area (Å²) < 4.78 is 6.17. The molecule has 7 heteroatoms. The van der Waals surface area contributed by atoms with Crippen LogP contribution < -0.4 is 4.74 Å². The Morgan fingerprint density at radius 2 is 1.83 bits per heavy atom. The van der Waals surface area contributed by atoms with Gasteiger partial charge in [-0.15, -0.1) is 0 Å². The highest BCUT2D eigenvalue weighted by molar-refractivity contribution is 9.10. The van der Waals surface area contributed by atoms with E-state index in [1.54, 1.807) is 25.3 Å². The summed E-state index contributed by atoms with van der Waals surface area (Å²) in [5, 5.41) is 11.1. The first kappa shape index (κ1) is 22.1. The minimum absolute atomic E-state index is 0.102. The number of hydrogen-bond donors (Lipinski definition) is 1.